The highest BCUT2D eigenvalue weighted by molar-refractivity contribution is 5.83. The van der Waals surface area contributed by atoms with Crippen LogP contribution in [0.5, 0.6) is 11.5 Å². The van der Waals surface area contributed by atoms with Crippen LogP contribution in [0.3, 0.4) is 0 Å². The van der Waals surface area contributed by atoms with Crippen LogP contribution in [0.15, 0.2) is 48.7 Å². The second-order valence-electron chi connectivity index (χ2n) is 5.07. The standard InChI is InChI=1S/C17H18N2O2/c1-11(15-5-4-14(21-2)10-17(15)20)19-13-3-6-16-12(9-13)7-8-18-16/h3-11,18-20H,1-2H3. The molecule has 108 valence electrons. The van der Waals surface area contributed by atoms with Crippen molar-refractivity contribution in [2.45, 2.75) is 13.0 Å². The van der Waals surface area contributed by atoms with Crippen molar-refractivity contribution in [2.75, 3.05) is 12.4 Å². The highest BCUT2D eigenvalue weighted by Gasteiger charge is 2.11. The predicted octanol–water partition coefficient (Wildman–Crippen LogP) is 4.06. The first-order valence-corrected chi connectivity index (χ1v) is 6.88. The van der Waals surface area contributed by atoms with E-state index in [1.807, 2.05) is 43.5 Å². The average molecular weight is 282 g/mol. The number of benzene rings is 2. The number of hydrogen-bond donors (Lipinski definition) is 3. The second-order valence-corrected chi connectivity index (χ2v) is 5.07. The maximum atomic E-state index is 10.1. The molecule has 1 unspecified atom stereocenters. The molecule has 1 aromatic heterocycles. The van der Waals surface area contributed by atoms with E-state index in [2.05, 4.69) is 16.4 Å². The van der Waals surface area contributed by atoms with Gasteiger partial charge in [0, 0.05) is 34.4 Å². The summed E-state index contributed by atoms with van der Waals surface area (Å²) in [6, 6.07) is 13.5. The molecular formula is C17H18N2O2. The van der Waals surface area contributed by atoms with Crippen LogP contribution < -0.4 is 10.1 Å². The van der Waals surface area contributed by atoms with Crippen LogP contribution >= 0.6 is 0 Å². The van der Waals surface area contributed by atoms with Gasteiger partial charge in [0.15, 0.2) is 0 Å². The molecule has 0 spiro atoms. The highest BCUT2D eigenvalue weighted by atomic mass is 16.5. The lowest BCUT2D eigenvalue weighted by Gasteiger charge is -2.17. The lowest BCUT2D eigenvalue weighted by Crippen LogP contribution is -2.06. The lowest BCUT2D eigenvalue weighted by atomic mass is 10.1. The number of H-pyrrole nitrogens is 1. The zero-order valence-electron chi connectivity index (χ0n) is 12.1. The normalized spacial score (nSPS) is 12.3. The first-order chi connectivity index (χ1) is 10.2. The van der Waals surface area contributed by atoms with Crippen LogP contribution in [0.1, 0.15) is 18.5 Å². The molecule has 0 saturated heterocycles. The molecule has 3 aromatic rings. The fraction of sp³-hybridized carbons (Fsp3) is 0.176. The van der Waals surface area contributed by atoms with E-state index >= 15 is 0 Å². The highest BCUT2D eigenvalue weighted by Crippen LogP contribution is 2.30. The van der Waals surface area contributed by atoms with Crippen LogP contribution in [0.2, 0.25) is 0 Å². The maximum Gasteiger partial charge on any atom is 0.124 e. The molecule has 0 saturated carbocycles. The van der Waals surface area contributed by atoms with Gasteiger partial charge in [-0.15, -0.1) is 0 Å². The van der Waals surface area contributed by atoms with E-state index in [0.717, 1.165) is 22.2 Å². The Hall–Kier alpha value is -2.62. The molecule has 3 N–H and O–H groups in total. The number of aromatic hydroxyl groups is 1. The molecule has 3 rings (SSSR count). The van der Waals surface area contributed by atoms with Crippen LogP contribution in [-0.2, 0) is 0 Å². The molecule has 0 amide bonds. The summed E-state index contributed by atoms with van der Waals surface area (Å²) in [4.78, 5) is 3.17. The number of nitrogens with one attached hydrogen (secondary N) is 2. The van der Waals surface area contributed by atoms with E-state index in [1.165, 1.54) is 0 Å². The van der Waals surface area contributed by atoms with Crippen LogP contribution in [0, 0.1) is 0 Å². The van der Waals surface area contributed by atoms with Crippen molar-refractivity contribution in [3.8, 4) is 11.5 Å². The predicted molar refractivity (Wildman–Crippen MR) is 85.0 cm³/mol. The number of ether oxygens (including phenoxy) is 1. The largest absolute Gasteiger partial charge is 0.507 e. The Labute approximate surface area is 123 Å². The number of rotatable bonds is 4. The molecule has 0 aliphatic heterocycles. The topological polar surface area (TPSA) is 57.3 Å². The minimum atomic E-state index is -0.00713. The summed E-state index contributed by atoms with van der Waals surface area (Å²) in [5.74, 6) is 0.884. The van der Waals surface area contributed by atoms with Crippen molar-refractivity contribution in [2.24, 2.45) is 0 Å². The second kappa shape index (κ2) is 5.40. The molecule has 2 aromatic carbocycles. The molecule has 1 atom stereocenters. The summed E-state index contributed by atoms with van der Waals surface area (Å²) < 4.78 is 5.10. The molecule has 4 nitrogen and oxygen atoms in total. The molecular weight excluding hydrogens is 264 g/mol. The van der Waals surface area contributed by atoms with Gasteiger partial charge in [0.2, 0.25) is 0 Å². The van der Waals surface area contributed by atoms with Crippen LogP contribution in [-0.4, -0.2) is 17.2 Å². The molecule has 0 radical (unpaired) electrons. The van der Waals surface area contributed by atoms with Gasteiger partial charge < -0.3 is 20.1 Å². The number of anilines is 1. The number of phenols is 1. The van der Waals surface area contributed by atoms with Crippen molar-refractivity contribution < 1.29 is 9.84 Å². The maximum absolute atomic E-state index is 10.1. The minimum absolute atomic E-state index is 0.00713. The van der Waals surface area contributed by atoms with Gasteiger partial charge in [-0.2, -0.15) is 0 Å². The van der Waals surface area contributed by atoms with Crippen molar-refractivity contribution in [1.82, 2.24) is 4.98 Å². The molecule has 0 aliphatic rings. The van der Waals surface area contributed by atoms with Crippen molar-refractivity contribution in [3.05, 3.63) is 54.2 Å². The van der Waals surface area contributed by atoms with Crippen LogP contribution in [0.25, 0.3) is 10.9 Å². The summed E-state index contributed by atoms with van der Waals surface area (Å²) >= 11 is 0. The van der Waals surface area contributed by atoms with E-state index in [0.29, 0.717) is 5.75 Å². The molecule has 0 aliphatic carbocycles. The van der Waals surface area contributed by atoms with Gasteiger partial charge in [-0.25, -0.2) is 0 Å². The smallest absolute Gasteiger partial charge is 0.124 e. The number of hydrogen-bond acceptors (Lipinski definition) is 3. The molecule has 0 bridgehead atoms. The first-order valence-electron chi connectivity index (χ1n) is 6.88. The summed E-state index contributed by atoms with van der Waals surface area (Å²) in [6.45, 7) is 2.02. The number of phenolic OH excluding ortho intramolecular Hbond substituents is 1. The summed E-state index contributed by atoms with van der Waals surface area (Å²) in [6.07, 6.45) is 1.92. The monoisotopic (exact) mass is 282 g/mol. The number of fused-ring (bicyclic) bond motifs is 1. The Bertz CT molecular complexity index is 764. The quantitative estimate of drug-likeness (QED) is 0.676. The van der Waals surface area contributed by atoms with Crippen LogP contribution in [0.4, 0.5) is 5.69 Å². The van der Waals surface area contributed by atoms with Gasteiger partial charge in [-0.05, 0) is 43.3 Å². The van der Waals surface area contributed by atoms with Crippen molar-refractivity contribution in [3.63, 3.8) is 0 Å². The van der Waals surface area contributed by atoms with Gasteiger partial charge in [-0.1, -0.05) is 0 Å². The number of methoxy groups -OCH3 is 1. The zero-order valence-corrected chi connectivity index (χ0v) is 12.1. The van der Waals surface area contributed by atoms with Crippen molar-refractivity contribution >= 4 is 16.6 Å². The first kappa shape index (κ1) is 13.4. The van der Waals surface area contributed by atoms with Gasteiger partial charge in [0.05, 0.1) is 13.2 Å². The molecule has 4 heteroatoms. The molecule has 0 fully saturated rings. The minimum Gasteiger partial charge on any atom is -0.507 e. The number of aromatic nitrogens is 1. The van der Waals surface area contributed by atoms with E-state index in [1.54, 1.807) is 13.2 Å². The fourth-order valence-electron chi connectivity index (χ4n) is 2.49. The summed E-state index contributed by atoms with van der Waals surface area (Å²) in [5.41, 5.74) is 2.97. The SMILES string of the molecule is COc1ccc(C(C)Nc2ccc3[nH]ccc3c2)c(O)c1. The van der Waals surface area contributed by atoms with E-state index in [4.69, 9.17) is 4.74 Å². The van der Waals surface area contributed by atoms with Gasteiger partial charge in [0.1, 0.15) is 11.5 Å². The van der Waals surface area contributed by atoms with Gasteiger partial charge in [-0.3, -0.25) is 0 Å². The van der Waals surface area contributed by atoms with Crippen molar-refractivity contribution in [1.29, 1.82) is 0 Å². The third-order valence-corrected chi connectivity index (χ3v) is 3.64. The molecule has 21 heavy (non-hydrogen) atoms. The Kier molecular flexibility index (Phi) is 3.44. The average Bonchev–Trinajstić information content (AvgIpc) is 2.94. The zero-order chi connectivity index (χ0) is 14.8. The fourth-order valence-corrected chi connectivity index (χ4v) is 2.49. The summed E-state index contributed by atoms with van der Waals surface area (Å²) in [5, 5.41) is 14.6. The Morgan fingerprint density at radius 3 is 2.76 bits per heavy atom. The number of aromatic amines is 1. The molecule has 1 heterocycles. The Morgan fingerprint density at radius 2 is 2.00 bits per heavy atom. The Morgan fingerprint density at radius 1 is 1.14 bits per heavy atom. The van der Waals surface area contributed by atoms with E-state index in [9.17, 15) is 5.11 Å². The van der Waals surface area contributed by atoms with E-state index < -0.39 is 0 Å². The lowest BCUT2D eigenvalue weighted by molar-refractivity contribution is 0.406. The Balaban J connectivity index is 1.83. The van der Waals surface area contributed by atoms with E-state index in [-0.39, 0.29) is 11.8 Å². The summed E-state index contributed by atoms with van der Waals surface area (Å²) in [7, 11) is 1.59. The van der Waals surface area contributed by atoms with Gasteiger partial charge in [0.25, 0.3) is 0 Å². The third-order valence-electron chi connectivity index (χ3n) is 3.64. The van der Waals surface area contributed by atoms with Gasteiger partial charge >= 0.3 is 0 Å². The third kappa shape index (κ3) is 2.65.